The number of amides is 1. The minimum absolute atomic E-state index is 0.0703. The number of benzene rings is 1. The lowest BCUT2D eigenvalue weighted by Crippen LogP contribution is -2.40. The molecular weight excluding hydrogens is 431 g/mol. The molecule has 0 bridgehead atoms. The first kappa shape index (κ1) is 22.6. The zero-order valence-corrected chi connectivity index (χ0v) is 18.9. The number of anilines is 1. The number of aromatic amines is 1. The quantitative estimate of drug-likeness (QED) is 0.398. The van der Waals surface area contributed by atoms with E-state index in [2.05, 4.69) is 34.0 Å². The molecule has 2 unspecified atom stereocenters. The highest BCUT2D eigenvalue weighted by molar-refractivity contribution is 7.46. The number of nitrogens with one attached hydrogen (secondary N) is 2. The first-order valence-corrected chi connectivity index (χ1v) is 12.2. The number of likely N-dealkylation sites (N-methyl/N-ethyl adjacent to an activating group) is 1. The maximum Gasteiger partial charge on any atom is 0.470 e. The predicted molar refractivity (Wildman–Crippen MR) is 121 cm³/mol. The average molecular weight is 458 g/mol. The van der Waals surface area contributed by atoms with Crippen molar-refractivity contribution < 1.29 is 23.7 Å². The van der Waals surface area contributed by atoms with Crippen molar-refractivity contribution in [2.24, 2.45) is 0 Å². The summed E-state index contributed by atoms with van der Waals surface area (Å²) in [5.74, 6) is -0.256. The van der Waals surface area contributed by atoms with Gasteiger partial charge in [-0.15, -0.1) is 0 Å². The van der Waals surface area contributed by atoms with Crippen molar-refractivity contribution in [1.82, 2.24) is 14.9 Å². The molecule has 32 heavy (non-hydrogen) atoms. The summed E-state index contributed by atoms with van der Waals surface area (Å²) < 4.78 is 16.8. The number of hydrogen-bond donors (Lipinski definition) is 4. The van der Waals surface area contributed by atoms with Crippen molar-refractivity contribution in [3.05, 3.63) is 59.5 Å². The highest BCUT2D eigenvalue weighted by Crippen LogP contribution is 2.48. The van der Waals surface area contributed by atoms with E-state index in [4.69, 9.17) is 4.52 Å². The molecule has 10 heteroatoms. The minimum atomic E-state index is -4.68. The Hall–Kier alpha value is -2.55. The van der Waals surface area contributed by atoms with Gasteiger partial charge in [-0.05, 0) is 61.8 Å². The maximum absolute atomic E-state index is 12.8. The van der Waals surface area contributed by atoms with Gasteiger partial charge in [0.15, 0.2) is 0 Å². The van der Waals surface area contributed by atoms with Gasteiger partial charge in [0.2, 0.25) is 0 Å². The number of aromatic nitrogens is 2. The van der Waals surface area contributed by atoms with E-state index in [1.165, 1.54) is 0 Å². The fourth-order valence-electron chi connectivity index (χ4n) is 4.51. The average Bonchev–Trinajstić information content (AvgIpc) is 3.13. The van der Waals surface area contributed by atoms with Gasteiger partial charge in [-0.25, -0.2) is 4.57 Å². The monoisotopic (exact) mass is 458 g/mol. The van der Waals surface area contributed by atoms with Crippen LogP contribution in [0.5, 0.6) is 0 Å². The Kier molecular flexibility index (Phi) is 6.46. The molecular formula is C22H27N4O5P. The molecule has 1 aliphatic rings. The first-order valence-electron chi connectivity index (χ1n) is 10.6. The number of rotatable bonds is 7. The van der Waals surface area contributed by atoms with Crippen LogP contribution in [0.3, 0.4) is 0 Å². The van der Waals surface area contributed by atoms with Crippen LogP contribution in [0.25, 0.3) is 10.9 Å². The van der Waals surface area contributed by atoms with Crippen LogP contribution in [0.2, 0.25) is 0 Å². The molecule has 170 valence electrons. The van der Waals surface area contributed by atoms with Crippen LogP contribution in [-0.4, -0.2) is 49.7 Å². The Bertz CT molecular complexity index is 1160. The Balaban J connectivity index is 1.72. The number of fused-ring (bicyclic) bond motifs is 3. The van der Waals surface area contributed by atoms with E-state index >= 15 is 0 Å². The lowest BCUT2D eigenvalue weighted by atomic mass is 9.88. The normalized spacial score (nSPS) is 18.7. The molecule has 1 aromatic carbocycles. The molecule has 9 nitrogen and oxygen atoms in total. The largest absolute Gasteiger partial charge is 0.470 e. The summed E-state index contributed by atoms with van der Waals surface area (Å²) in [7, 11) is -4.68. The van der Waals surface area contributed by atoms with Gasteiger partial charge in [0.25, 0.3) is 5.91 Å². The predicted octanol–water partition coefficient (Wildman–Crippen LogP) is 3.62. The summed E-state index contributed by atoms with van der Waals surface area (Å²) in [6, 6.07) is 8.93. The van der Waals surface area contributed by atoms with Gasteiger partial charge in [0.1, 0.15) is 6.10 Å². The van der Waals surface area contributed by atoms with E-state index in [-0.39, 0.29) is 11.9 Å². The number of nitrogens with zero attached hydrogens (tertiary/aromatic N) is 2. The molecule has 4 N–H and O–H groups in total. The molecule has 1 amide bonds. The van der Waals surface area contributed by atoms with Crippen LogP contribution in [0, 0.1) is 0 Å². The van der Waals surface area contributed by atoms with Gasteiger partial charge in [-0.1, -0.05) is 13.8 Å². The summed E-state index contributed by atoms with van der Waals surface area (Å²) in [5, 5.41) is 3.69. The number of H-pyrrole nitrogens is 1. The van der Waals surface area contributed by atoms with Crippen molar-refractivity contribution in [2.75, 3.05) is 18.4 Å². The third-order valence-corrected chi connectivity index (χ3v) is 6.49. The fraction of sp³-hybridized carbons (Fsp3) is 0.364. The molecule has 0 saturated heterocycles. The SMILES string of the molecule is CCN(CC)C1Cc2c([nH]c3ccc(C(=O)Nc4cccnc4)cc23)C(OP(=O)(O)O)C1. The number of phosphoric acid groups is 1. The second kappa shape index (κ2) is 9.13. The van der Waals surface area contributed by atoms with Gasteiger partial charge in [-0.3, -0.25) is 14.3 Å². The van der Waals surface area contributed by atoms with Crippen LogP contribution < -0.4 is 5.32 Å². The summed E-state index contributed by atoms with van der Waals surface area (Å²) in [6.45, 7) is 5.77. The van der Waals surface area contributed by atoms with Crippen molar-refractivity contribution >= 4 is 30.3 Å². The number of phosphoric ester groups is 1. The molecule has 0 radical (unpaired) electrons. The van der Waals surface area contributed by atoms with E-state index < -0.39 is 13.9 Å². The van der Waals surface area contributed by atoms with E-state index in [0.717, 1.165) is 29.6 Å². The zero-order chi connectivity index (χ0) is 22.9. The third kappa shape index (κ3) is 4.77. The first-order chi connectivity index (χ1) is 15.3. The van der Waals surface area contributed by atoms with Crippen molar-refractivity contribution in [2.45, 2.75) is 38.8 Å². The van der Waals surface area contributed by atoms with E-state index in [9.17, 15) is 19.1 Å². The summed E-state index contributed by atoms with van der Waals surface area (Å²) >= 11 is 0. The molecule has 4 rings (SSSR count). The number of carbonyl (C=O) groups excluding carboxylic acids is 1. The van der Waals surface area contributed by atoms with Crippen molar-refractivity contribution in [1.29, 1.82) is 0 Å². The molecule has 0 spiro atoms. The van der Waals surface area contributed by atoms with Gasteiger partial charge in [0.05, 0.1) is 11.9 Å². The van der Waals surface area contributed by atoms with Gasteiger partial charge >= 0.3 is 7.82 Å². The smallest absolute Gasteiger partial charge is 0.356 e. The number of carbonyl (C=O) groups is 1. The molecule has 0 saturated carbocycles. The van der Waals surface area contributed by atoms with Crippen LogP contribution in [0.1, 0.15) is 48.0 Å². The van der Waals surface area contributed by atoms with Crippen LogP contribution in [-0.2, 0) is 15.5 Å². The second-order valence-corrected chi connectivity index (χ2v) is 9.06. The summed E-state index contributed by atoms with van der Waals surface area (Å²) in [4.78, 5) is 41.3. The molecule has 2 aromatic heterocycles. The summed E-state index contributed by atoms with van der Waals surface area (Å²) in [5.41, 5.74) is 3.48. The Morgan fingerprint density at radius 1 is 1.31 bits per heavy atom. The molecule has 1 aliphatic carbocycles. The number of pyridine rings is 1. The van der Waals surface area contributed by atoms with E-state index in [0.29, 0.717) is 29.8 Å². The molecule has 3 aromatic rings. The van der Waals surface area contributed by atoms with Gasteiger partial charge in [-0.2, -0.15) is 0 Å². The topological polar surface area (TPSA) is 128 Å². The molecule has 0 fully saturated rings. The lowest BCUT2D eigenvalue weighted by molar-refractivity contribution is 0.0794. The Morgan fingerprint density at radius 3 is 2.75 bits per heavy atom. The fourth-order valence-corrected chi connectivity index (χ4v) is 5.03. The zero-order valence-electron chi connectivity index (χ0n) is 18.0. The highest BCUT2D eigenvalue weighted by atomic mass is 31.2. The Morgan fingerprint density at radius 2 is 2.09 bits per heavy atom. The van der Waals surface area contributed by atoms with Crippen LogP contribution in [0.15, 0.2) is 42.7 Å². The summed E-state index contributed by atoms with van der Waals surface area (Å²) in [6.07, 6.45) is 3.63. The van der Waals surface area contributed by atoms with E-state index in [1.807, 2.05) is 12.1 Å². The van der Waals surface area contributed by atoms with E-state index in [1.54, 1.807) is 30.6 Å². The third-order valence-electron chi connectivity index (χ3n) is 5.96. The maximum atomic E-state index is 12.8. The lowest BCUT2D eigenvalue weighted by Gasteiger charge is -2.36. The van der Waals surface area contributed by atoms with Crippen molar-refractivity contribution in [3.63, 3.8) is 0 Å². The Labute approximate surface area is 186 Å². The molecule has 2 atom stereocenters. The minimum Gasteiger partial charge on any atom is -0.356 e. The number of hydrogen-bond acceptors (Lipinski definition) is 5. The van der Waals surface area contributed by atoms with Gasteiger partial charge < -0.3 is 25.0 Å². The highest BCUT2D eigenvalue weighted by Gasteiger charge is 2.36. The van der Waals surface area contributed by atoms with Crippen LogP contribution in [0.4, 0.5) is 5.69 Å². The van der Waals surface area contributed by atoms with Crippen LogP contribution >= 0.6 is 7.82 Å². The molecule has 2 heterocycles. The standard InChI is InChI=1S/C22H27N4O5P/c1-3-26(4-2)16-11-18-17-10-14(22(27)24-15-6-5-9-23-13-15)7-8-19(17)25-21(18)20(12-16)31-32(28,29)30/h5-10,13,16,20,25H,3-4,11-12H2,1-2H3,(H,24,27)(H2,28,29,30). The van der Waals surface area contributed by atoms with Crippen molar-refractivity contribution in [3.8, 4) is 0 Å². The second-order valence-electron chi connectivity index (χ2n) is 7.87. The molecule has 0 aliphatic heterocycles. The van der Waals surface area contributed by atoms with Gasteiger partial charge in [0, 0.05) is 34.4 Å².